The number of phenols is 1. The molecule has 6 heterocycles. The number of carbonyl (C=O) groups is 19. The number of primary amides is 2. The van der Waals surface area contributed by atoms with Crippen molar-refractivity contribution in [2.45, 2.75) is 228 Å². The molecule has 45 heteroatoms. The zero-order valence-corrected chi connectivity index (χ0v) is 78.9. The lowest BCUT2D eigenvalue weighted by molar-refractivity contribution is -0.149. The van der Waals surface area contributed by atoms with Crippen molar-refractivity contribution in [1.82, 2.24) is 87.3 Å². The van der Waals surface area contributed by atoms with Gasteiger partial charge in [0, 0.05) is 111 Å². The summed E-state index contributed by atoms with van der Waals surface area (Å²) in [5, 5.41) is 68.7. The third-order valence-corrected chi connectivity index (χ3v) is 26.2. The second-order valence-corrected chi connectivity index (χ2v) is 37.0. The summed E-state index contributed by atoms with van der Waals surface area (Å²) in [6.45, 7) is 2.97. The maximum absolute atomic E-state index is 15.8. The third kappa shape index (κ3) is 30.8. The second kappa shape index (κ2) is 51.5. The van der Waals surface area contributed by atoms with Crippen LogP contribution in [0.4, 0.5) is 0 Å². The molecule has 0 radical (unpaired) electrons. The van der Waals surface area contributed by atoms with E-state index in [2.05, 4.69) is 62.8 Å². The van der Waals surface area contributed by atoms with Gasteiger partial charge in [-0.1, -0.05) is 102 Å². The van der Waals surface area contributed by atoms with E-state index in [0.29, 0.717) is 64.4 Å². The number of nitrogens with one attached hydrogen (secondary N) is 11. The number of aromatic nitrogens is 3. The summed E-state index contributed by atoms with van der Waals surface area (Å²) >= 11 is 2.07. The molecule has 3 saturated heterocycles. The average Bonchev–Trinajstić information content (AvgIpc) is 1.71. The summed E-state index contributed by atoms with van der Waals surface area (Å²) in [5.74, 6) is -23.1. The largest absolute Gasteiger partial charge is 0.508 e. The highest BCUT2D eigenvalue weighted by Crippen LogP contribution is 2.31. The molecule has 137 heavy (non-hydrogen) atoms. The number of ketones is 1. The molecule has 43 nitrogen and oxygen atoms in total. The third-order valence-electron chi connectivity index (χ3n) is 24.1. The number of aliphatic carboxylic acids is 2. The Labute approximate surface area is 798 Å². The van der Waals surface area contributed by atoms with Crippen molar-refractivity contribution in [3.63, 3.8) is 0 Å². The van der Waals surface area contributed by atoms with Crippen LogP contribution in [0.15, 0.2) is 96.9 Å². The Hall–Kier alpha value is -13.4. The predicted molar refractivity (Wildman–Crippen MR) is 501 cm³/mol. The van der Waals surface area contributed by atoms with Crippen LogP contribution in [-0.4, -0.2) is 316 Å². The summed E-state index contributed by atoms with van der Waals surface area (Å²) < 4.78 is 0.826. The van der Waals surface area contributed by atoms with Crippen LogP contribution in [0.5, 0.6) is 5.75 Å². The Bertz CT molecular complexity index is 5320. The second-order valence-electron chi connectivity index (χ2n) is 35.0. The number of aliphatic hydroxyl groups is 1. The summed E-state index contributed by atoms with van der Waals surface area (Å²) in [6.07, 6.45) is -0.707. The number of H-pyrrole nitrogens is 2. The number of phenolic OH excluding ortho intramolecular Hbond substituents is 1. The molecule has 3 aliphatic rings. The van der Waals surface area contributed by atoms with E-state index >= 15 is 38.4 Å². The number of carbonyl (C=O) groups excluding carboxylic acids is 17. The zero-order valence-electron chi connectivity index (χ0n) is 77.3. The minimum atomic E-state index is -1.95. The van der Waals surface area contributed by atoms with Gasteiger partial charge in [0.05, 0.1) is 37.2 Å². The average molecular weight is 1940 g/mol. The van der Waals surface area contributed by atoms with Gasteiger partial charge < -0.3 is 120 Å². The Morgan fingerprint density at radius 2 is 1.22 bits per heavy atom. The van der Waals surface area contributed by atoms with Gasteiger partial charge in [0.1, 0.15) is 85.3 Å². The van der Waals surface area contributed by atoms with Crippen LogP contribution in [0.3, 0.4) is 0 Å². The number of aliphatic hydroxyl groups excluding tert-OH is 1. The number of benzene rings is 3. The topological polar surface area (TPSA) is 652 Å². The minimum absolute atomic E-state index is 0.0105. The van der Waals surface area contributed by atoms with Gasteiger partial charge in [-0.05, 0) is 116 Å². The summed E-state index contributed by atoms with van der Waals surface area (Å²) in [4.78, 5) is 291. The Kier molecular flexibility index (Phi) is 40.3. The number of aromatic hydroxyl groups is 1. The number of thiophene rings is 1. The van der Waals surface area contributed by atoms with Crippen LogP contribution in [0.25, 0.3) is 21.0 Å². The number of nitrogens with two attached hydrogens (primary N) is 3. The number of thioether (sulfide) groups is 1. The van der Waals surface area contributed by atoms with Crippen molar-refractivity contribution in [3.8, 4) is 5.75 Å². The molecule has 0 aliphatic carbocycles. The van der Waals surface area contributed by atoms with Crippen LogP contribution >= 0.6 is 23.1 Å². The highest BCUT2D eigenvalue weighted by atomic mass is 32.2. The number of aromatic amines is 2. The van der Waals surface area contributed by atoms with Crippen molar-refractivity contribution in [2.24, 2.45) is 29.0 Å². The molecule has 0 saturated carbocycles. The van der Waals surface area contributed by atoms with Gasteiger partial charge in [-0.25, -0.2) is 4.98 Å². The lowest BCUT2D eigenvalue weighted by Crippen LogP contribution is -2.60. The molecule has 3 aromatic heterocycles. The van der Waals surface area contributed by atoms with E-state index in [0.717, 1.165) is 19.9 Å². The summed E-state index contributed by atoms with van der Waals surface area (Å²) in [6, 6.07) is 0.361. The number of para-hydroxylation sites is 1. The van der Waals surface area contributed by atoms with Gasteiger partial charge in [0.15, 0.2) is 5.78 Å². The molecule has 0 bridgehead atoms. The number of carboxylic acid groups (broad SMARTS) is 2. The van der Waals surface area contributed by atoms with E-state index in [-0.39, 0.29) is 87.4 Å². The van der Waals surface area contributed by atoms with Gasteiger partial charge in [0.2, 0.25) is 94.5 Å². The van der Waals surface area contributed by atoms with Gasteiger partial charge in [0.25, 0.3) is 0 Å². The van der Waals surface area contributed by atoms with Crippen molar-refractivity contribution in [3.05, 3.63) is 119 Å². The fraction of sp³-hybridized carbons (Fsp3) is 0.522. The lowest BCUT2D eigenvalue weighted by atomic mass is 9.90. The van der Waals surface area contributed by atoms with Crippen LogP contribution in [-0.2, 0) is 117 Å². The Morgan fingerprint density at radius 1 is 0.591 bits per heavy atom. The van der Waals surface area contributed by atoms with Crippen LogP contribution in [0.1, 0.15) is 146 Å². The molecule has 742 valence electrons. The number of imidazole rings is 1. The van der Waals surface area contributed by atoms with Gasteiger partial charge in [-0.15, -0.1) is 23.1 Å². The van der Waals surface area contributed by atoms with E-state index < -0.39 is 279 Å². The van der Waals surface area contributed by atoms with Crippen molar-refractivity contribution in [1.29, 1.82) is 0 Å². The first-order valence-electron chi connectivity index (χ1n) is 45.6. The number of carboxylic acids is 2. The predicted octanol–water partition coefficient (Wildman–Crippen LogP) is -1.08. The van der Waals surface area contributed by atoms with Crippen molar-refractivity contribution < 1.29 is 112 Å². The quantitative estimate of drug-likeness (QED) is 0.0278. The smallest absolute Gasteiger partial charge is 0.323 e. The highest BCUT2D eigenvalue weighted by Gasteiger charge is 2.47. The van der Waals surface area contributed by atoms with Crippen LogP contribution < -0.4 is 65.1 Å². The molecule has 0 unspecified atom stereocenters. The Balaban J connectivity index is 1.11. The number of unbranched alkanes of at least 4 members (excludes halogenated alkanes) is 2. The van der Waals surface area contributed by atoms with Crippen molar-refractivity contribution in [2.75, 3.05) is 64.9 Å². The standard InChI is InChI=1S/C92H124N20O23S2/c1-7-9-19-69-86(129)104-63(32-50(3)4)84(127)107-68(82(125)98-42-76(95)117)47-136-48-78(119)101-65(33-51-23-25-56(113)26-24-51)89(132)110(45-80(122)123)44-77(118)100-67(39-75(94)116)91(134)111-31-15-21-70(111)87(130)105-64(37-55-41-96-49-99-55)85(128)103-62(27-28-79(120)121)90(133)112-43-57(114)38-72(112)73(115)36-52(34-53-40-97-60-18-13-11-16-58(53)60)81(124)102-61(29-30-93)83(126)106-66(35-54-46-137-74-22-14-12-17-59(54)74)88(131)109(6)71(20-10-8-2)92(135)108(69)5/h11-14,16-18,22-26,40-41,46,49-50,52,57,61-72,97,113-114H,7-10,15,19-21,27-39,42-45,47-48,93H2,1-6H3,(H2,94,116)(H2,95,117)(H,96,99)(H,98,125)(H,100,118)(H,101,119)(H,102,124)(H,103,128)(H,104,129)(H,105,130)(H,106,126)(H,107,127)(H,120,121)(H,122,123)/t52-,57-,61+,62+,63+,64+,65+,66+,67+,68+,69+,70+,71+,72+/m1/s1. The first-order chi connectivity index (χ1) is 65.3. The molecule has 14 atom stereocenters. The Morgan fingerprint density at radius 3 is 1.88 bits per heavy atom. The van der Waals surface area contributed by atoms with Gasteiger partial charge in [-0.3, -0.25) is 91.1 Å². The SMILES string of the molecule is CCCC[C@H]1C(=O)N(C)[C@@H](CCCC)C(=O)N[C@@H](CC(C)C)C(=O)N[C@H](C(=O)NCC(N)=O)CSCC(=O)N[C@@H](Cc2ccc(O)cc2)C(=O)N(CC(=O)O)CC(=O)N[C@@H](CC(N)=O)C(=O)N2CCC[C@H]2C(=O)N[C@@H](Cc2cnc[nH]2)C(=O)N[C@@H](CCC(=O)O)C(=O)N2C[C@H](O)C[C@H]2C(=O)C[C@@H](Cc2c[nH]c3ccccc23)C(=O)N[C@@H](CCN)C(=O)N[C@@H](Cc2csc3ccccc23)C(=O)N1C. The normalized spacial score (nSPS) is 24.1. The summed E-state index contributed by atoms with van der Waals surface area (Å²) in [5.41, 5.74) is 19.6. The van der Waals surface area contributed by atoms with Crippen molar-refractivity contribution >= 4 is 156 Å². The maximum Gasteiger partial charge on any atom is 0.323 e. The monoisotopic (exact) mass is 1940 g/mol. The van der Waals surface area contributed by atoms with E-state index in [4.69, 9.17) is 17.2 Å². The molecule has 9 rings (SSSR count). The van der Waals surface area contributed by atoms with Gasteiger partial charge in [-0.2, -0.15) is 0 Å². The number of Topliss-reactive ketones (excluding diaryl/α,β-unsaturated/α-hetero) is 1. The summed E-state index contributed by atoms with van der Waals surface area (Å²) in [7, 11) is 2.75. The molecule has 21 N–H and O–H groups in total. The van der Waals surface area contributed by atoms with E-state index in [1.165, 1.54) is 72.0 Å². The number of nitrogens with zero attached hydrogens (tertiary/aromatic N) is 6. The molecule has 6 aromatic rings. The number of likely N-dealkylation sites (N-methyl/N-ethyl adjacent to an activating group) is 2. The molecule has 3 aliphatic heterocycles. The number of fused-ring (bicyclic) bond motifs is 4. The highest BCUT2D eigenvalue weighted by molar-refractivity contribution is 8.00. The van der Waals surface area contributed by atoms with Crippen LogP contribution in [0.2, 0.25) is 0 Å². The minimum Gasteiger partial charge on any atom is -0.508 e. The lowest BCUT2D eigenvalue weighted by Gasteiger charge is -2.36. The first kappa shape index (κ1) is 107. The number of hydrogen-bond donors (Lipinski definition) is 18. The fourth-order valence-electron chi connectivity index (χ4n) is 17.0. The van der Waals surface area contributed by atoms with Crippen LogP contribution in [0, 0.1) is 11.8 Å². The molecule has 3 aromatic carbocycles. The van der Waals surface area contributed by atoms with E-state index in [1.807, 2.05) is 37.4 Å². The molecular weight excluding hydrogens is 1820 g/mol. The first-order valence-corrected chi connectivity index (χ1v) is 47.7. The molecule has 3 fully saturated rings. The number of amides is 16. The molecule has 16 amide bonds. The number of hydrogen-bond acceptors (Lipinski definition) is 25. The van der Waals surface area contributed by atoms with E-state index in [9.17, 15) is 73.2 Å². The van der Waals surface area contributed by atoms with Gasteiger partial charge >= 0.3 is 11.9 Å². The van der Waals surface area contributed by atoms with E-state index in [1.54, 1.807) is 50.4 Å². The zero-order chi connectivity index (χ0) is 100. The molecule has 0 spiro atoms. The molecular formula is C92H124N20O23S2. The number of rotatable bonds is 28. The fourth-order valence-corrected chi connectivity index (χ4v) is 18.9. The maximum atomic E-state index is 15.8.